The second-order valence-electron chi connectivity index (χ2n) is 8.54. The Hall–Kier alpha value is -3.70. The Bertz CT molecular complexity index is 1430. The van der Waals surface area contributed by atoms with Gasteiger partial charge in [-0.3, -0.25) is 9.29 Å². The fourth-order valence-electron chi connectivity index (χ4n) is 4.17. The van der Waals surface area contributed by atoms with Crippen LogP contribution in [0.3, 0.4) is 0 Å². The molecule has 5 rings (SSSR count). The monoisotopic (exact) mass is 492 g/mol. The second-order valence-corrected chi connectivity index (χ2v) is 10.6. The number of benzene rings is 1. The fraction of sp³-hybridized carbons (Fsp3) is 0.292. The fourth-order valence-corrected chi connectivity index (χ4v) is 4.63. The third-order valence-electron chi connectivity index (χ3n) is 6.15. The molecule has 1 aromatic carbocycles. The topological polar surface area (TPSA) is 108 Å². The van der Waals surface area contributed by atoms with Crippen LogP contribution in [0.5, 0.6) is 0 Å². The van der Waals surface area contributed by atoms with Gasteiger partial charge in [0.1, 0.15) is 11.5 Å². The minimum absolute atomic E-state index is 0.314. The van der Waals surface area contributed by atoms with Crippen LogP contribution in [0.15, 0.2) is 61.2 Å². The van der Waals surface area contributed by atoms with Crippen molar-refractivity contribution in [3.8, 4) is 0 Å². The summed E-state index contributed by atoms with van der Waals surface area (Å²) in [7, 11) is -1.97. The van der Waals surface area contributed by atoms with Crippen LogP contribution < -0.4 is 19.8 Å². The molecule has 0 unspecified atom stereocenters. The lowest BCUT2D eigenvalue weighted by molar-refractivity contribution is 0.589. The van der Waals surface area contributed by atoms with E-state index in [2.05, 4.69) is 54.8 Å². The van der Waals surface area contributed by atoms with E-state index < -0.39 is 10.0 Å². The van der Waals surface area contributed by atoms with Gasteiger partial charge in [0.25, 0.3) is 0 Å². The van der Waals surface area contributed by atoms with Crippen molar-refractivity contribution in [3.63, 3.8) is 0 Å². The van der Waals surface area contributed by atoms with E-state index >= 15 is 0 Å². The summed E-state index contributed by atoms with van der Waals surface area (Å²) in [5.41, 5.74) is 3.69. The standard InChI is InChI=1S/C24H28N8O2S/c1-30(35(2,33)34)24-21(26-8-9-27-24)17-32-12-7-18-16-28-23(15-22(18)32)29-19-3-5-20(6-4-19)31-13-10-25-11-14-31/h3-9,12,15-16,25H,10-11,13-14,17H2,1-2H3,(H,28,29). The lowest BCUT2D eigenvalue weighted by Gasteiger charge is -2.29. The van der Waals surface area contributed by atoms with Gasteiger partial charge in [0, 0.05) is 80.8 Å². The first-order valence-corrected chi connectivity index (χ1v) is 13.2. The van der Waals surface area contributed by atoms with E-state index in [-0.39, 0.29) is 0 Å². The van der Waals surface area contributed by atoms with Crippen LogP contribution in [0, 0.1) is 0 Å². The Morgan fingerprint density at radius 2 is 1.80 bits per heavy atom. The van der Waals surface area contributed by atoms with Crippen molar-refractivity contribution < 1.29 is 8.42 Å². The van der Waals surface area contributed by atoms with Crippen LogP contribution >= 0.6 is 0 Å². The number of rotatable bonds is 7. The molecule has 35 heavy (non-hydrogen) atoms. The van der Waals surface area contributed by atoms with E-state index in [1.165, 1.54) is 18.9 Å². The van der Waals surface area contributed by atoms with Crippen LogP contribution in [-0.2, 0) is 16.6 Å². The molecule has 0 saturated carbocycles. The second kappa shape index (κ2) is 9.51. The maximum absolute atomic E-state index is 12.1. The first-order chi connectivity index (χ1) is 16.9. The van der Waals surface area contributed by atoms with Gasteiger partial charge in [-0.2, -0.15) is 0 Å². The van der Waals surface area contributed by atoms with Crippen molar-refractivity contribution in [3.05, 3.63) is 66.9 Å². The van der Waals surface area contributed by atoms with Gasteiger partial charge < -0.3 is 20.1 Å². The van der Waals surface area contributed by atoms with Gasteiger partial charge in [-0.15, -0.1) is 0 Å². The Morgan fingerprint density at radius 3 is 2.54 bits per heavy atom. The molecule has 0 spiro atoms. The average Bonchev–Trinajstić information content (AvgIpc) is 3.26. The Morgan fingerprint density at radius 1 is 1.06 bits per heavy atom. The van der Waals surface area contributed by atoms with E-state index in [0.717, 1.165) is 59.1 Å². The SMILES string of the molecule is CN(c1nccnc1Cn1ccc2cnc(Nc3ccc(N4CCNCC4)cc3)cc21)S(C)(=O)=O. The molecule has 182 valence electrons. The molecule has 10 nitrogen and oxygen atoms in total. The Kier molecular flexibility index (Phi) is 6.27. The smallest absolute Gasteiger partial charge is 0.233 e. The number of piperazine rings is 1. The average molecular weight is 493 g/mol. The van der Waals surface area contributed by atoms with Crippen LogP contribution in [0.25, 0.3) is 10.9 Å². The molecule has 4 aromatic rings. The first-order valence-electron chi connectivity index (χ1n) is 11.4. The molecule has 1 saturated heterocycles. The highest BCUT2D eigenvalue weighted by Crippen LogP contribution is 2.25. The molecule has 1 fully saturated rings. The van der Waals surface area contributed by atoms with E-state index in [0.29, 0.717) is 18.1 Å². The van der Waals surface area contributed by atoms with Gasteiger partial charge in [-0.1, -0.05) is 0 Å². The summed E-state index contributed by atoms with van der Waals surface area (Å²) in [6, 6.07) is 12.3. The number of aromatic nitrogens is 4. The molecular formula is C24H28N8O2S. The molecule has 0 aliphatic carbocycles. The largest absolute Gasteiger partial charge is 0.369 e. The number of pyridine rings is 1. The molecule has 11 heteroatoms. The van der Waals surface area contributed by atoms with Crippen LogP contribution in [0.1, 0.15) is 5.69 Å². The molecule has 0 atom stereocenters. The zero-order chi connectivity index (χ0) is 24.4. The van der Waals surface area contributed by atoms with Crippen molar-refractivity contribution in [2.75, 3.05) is 54.0 Å². The van der Waals surface area contributed by atoms with E-state index in [4.69, 9.17) is 0 Å². The number of nitrogens with one attached hydrogen (secondary N) is 2. The summed E-state index contributed by atoms with van der Waals surface area (Å²) in [4.78, 5) is 15.6. The molecular weight excluding hydrogens is 464 g/mol. The highest BCUT2D eigenvalue weighted by molar-refractivity contribution is 7.92. The van der Waals surface area contributed by atoms with Gasteiger partial charge in [-0.25, -0.2) is 18.4 Å². The van der Waals surface area contributed by atoms with Crippen LogP contribution in [-0.4, -0.2) is 67.4 Å². The van der Waals surface area contributed by atoms with Crippen LogP contribution in [0.4, 0.5) is 23.0 Å². The maximum Gasteiger partial charge on any atom is 0.233 e. The van der Waals surface area contributed by atoms with Crippen molar-refractivity contribution in [1.29, 1.82) is 0 Å². The number of hydrogen-bond donors (Lipinski definition) is 2. The predicted octanol–water partition coefficient (Wildman–Crippen LogP) is 2.42. The van der Waals surface area contributed by atoms with Gasteiger partial charge in [0.2, 0.25) is 10.0 Å². The minimum atomic E-state index is -3.46. The first kappa shape index (κ1) is 23.1. The summed E-state index contributed by atoms with van der Waals surface area (Å²) >= 11 is 0. The number of fused-ring (bicyclic) bond motifs is 1. The van der Waals surface area contributed by atoms with Gasteiger partial charge in [0.15, 0.2) is 5.82 Å². The quantitative estimate of drug-likeness (QED) is 0.405. The van der Waals surface area contributed by atoms with Gasteiger partial charge >= 0.3 is 0 Å². The summed E-state index contributed by atoms with van der Waals surface area (Å²) in [6.07, 6.45) is 7.98. The Balaban J connectivity index is 1.37. The zero-order valence-electron chi connectivity index (χ0n) is 19.7. The Labute approximate surface area is 204 Å². The van der Waals surface area contributed by atoms with Crippen molar-refractivity contribution in [2.45, 2.75) is 6.54 Å². The highest BCUT2D eigenvalue weighted by Gasteiger charge is 2.19. The summed E-state index contributed by atoms with van der Waals surface area (Å²) in [5.74, 6) is 1.04. The number of anilines is 4. The van der Waals surface area contributed by atoms with Crippen molar-refractivity contribution in [1.82, 2.24) is 24.8 Å². The molecule has 1 aliphatic heterocycles. The highest BCUT2D eigenvalue weighted by atomic mass is 32.2. The maximum atomic E-state index is 12.1. The summed E-state index contributed by atoms with van der Waals surface area (Å²) in [5, 5.41) is 7.74. The lowest BCUT2D eigenvalue weighted by Crippen LogP contribution is -2.43. The molecule has 4 heterocycles. The molecule has 0 bridgehead atoms. The van der Waals surface area contributed by atoms with E-state index in [1.807, 2.05) is 29.1 Å². The van der Waals surface area contributed by atoms with Crippen molar-refractivity contribution in [2.24, 2.45) is 0 Å². The third kappa shape index (κ3) is 5.05. The zero-order valence-corrected chi connectivity index (χ0v) is 20.5. The van der Waals surface area contributed by atoms with E-state index in [9.17, 15) is 8.42 Å². The van der Waals surface area contributed by atoms with Crippen molar-refractivity contribution >= 4 is 43.9 Å². The number of hydrogen-bond acceptors (Lipinski definition) is 8. The van der Waals surface area contributed by atoms with E-state index in [1.54, 1.807) is 6.20 Å². The molecule has 3 aromatic heterocycles. The molecule has 0 radical (unpaired) electrons. The molecule has 0 amide bonds. The minimum Gasteiger partial charge on any atom is -0.369 e. The summed E-state index contributed by atoms with van der Waals surface area (Å²) < 4.78 is 27.3. The third-order valence-corrected chi connectivity index (χ3v) is 7.31. The predicted molar refractivity (Wildman–Crippen MR) is 139 cm³/mol. The molecule has 2 N–H and O–H groups in total. The lowest BCUT2D eigenvalue weighted by atomic mass is 10.2. The number of nitrogens with zero attached hydrogens (tertiary/aromatic N) is 6. The summed E-state index contributed by atoms with van der Waals surface area (Å²) in [6.45, 7) is 4.40. The van der Waals surface area contributed by atoms with Gasteiger partial charge in [0.05, 0.1) is 18.3 Å². The number of sulfonamides is 1. The van der Waals surface area contributed by atoms with Gasteiger partial charge in [-0.05, 0) is 30.3 Å². The van der Waals surface area contributed by atoms with Crippen LogP contribution in [0.2, 0.25) is 0 Å². The normalized spacial score (nSPS) is 14.3. The molecule has 1 aliphatic rings.